The minimum Gasteiger partial charge on any atom is -0.481 e. The first kappa shape index (κ1) is 30.3. The van der Waals surface area contributed by atoms with E-state index in [0.29, 0.717) is 0 Å². The number of amides is 1. The van der Waals surface area contributed by atoms with Crippen molar-refractivity contribution in [3.63, 3.8) is 0 Å². The molecule has 0 aliphatic carbocycles. The first-order valence-electron chi connectivity index (χ1n) is 11.7. The van der Waals surface area contributed by atoms with E-state index in [9.17, 15) is 18.0 Å². The Morgan fingerprint density at radius 3 is 2.22 bits per heavy atom. The fourth-order valence-electron chi connectivity index (χ4n) is 3.56. The van der Waals surface area contributed by atoms with Gasteiger partial charge in [-0.25, -0.2) is 18.6 Å². The number of carbonyl (C=O) groups excluding carboxylic acids is 1. The highest BCUT2D eigenvalue weighted by molar-refractivity contribution is 6.74. The van der Waals surface area contributed by atoms with Crippen LogP contribution in [-0.2, 0) is 9.16 Å². The summed E-state index contributed by atoms with van der Waals surface area (Å²) in [5.41, 5.74) is -1.45. The van der Waals surface area contributed by atoms with Gasteiger partial charge in [-0.2, -0.15) is 13.2 Å². The van der Waals surface area contributed by atoms with Crippen LogP contribution in [0.5, 0.6) is 5.88 Å². The van der Waals surface area contributed by atoms with Gasteiger partial charge in [0, 0.05) is 25.7 Å². The van der Waals surface area contributed by atoms with E-state index < -0.39 is 67.7 Å². The van der Waals surface area contributed by atoms with Gasteiger partial charge in [-0.3, -0.25) is 0 Å². The molecule has 0 radical (unpaired) electrons. The van der Waals surface area contributed by atoms with E-state index in [2.05, 4.69) is 4.98 Å². The van der Waals surface area contributed by atoms with Crippen molar-refractivity contribution in [3.8, 4) is 5.88 Å². The van der Waals surface area contributed by atoms with Crippen LogP contribution in [0.25, 0.3) is 0 Å². The van der Waals surface area contributed by atoms with Crippen molar-refractivity contribution in [2.75, 3.05) is 20.2 Å². The number of aromatic nitrogens is 1. The third-order valence-corrected chi connectivity index (χ3v) is 11.0. The molecule has 2 heterocycles. The molecule has 206 valence electrons. The van der Waals surface area contributed by atoms with Crippen LogP contribution in [0.1, 0.15) is 71.1 Å². The Kier molecular flexibility index (Phi) is 8.47. The van der Waals surface area contributed by atoms with Gasteiger partial charge >= 0.3 is 12.3 Å². The molecule has 0 N–H and O–H groups in total. The number of piperidine rings is 1. The van der Waals surface area contributed by atoms with Crippen molar-refractivity contribution in [2.45, 2.75) is 95.8 Å². The molecule has 0 aromatic carbocycles. The normalized spacial score (nSPS) is 20.2. The molecule has 6 nitrogen and oxygen atoms in total. The summed E-state index contributed by atoms with van der Waals surface area (Å²) in [5.74, 6) is -5.22. The highest BCUT2D eigenvalue weighted by Crippen LogP contribution is 2.48. The molecule has 1 aromatic rings. The van der Waals surface area contributed by atoms with E-state index in [1.165, 1.54) is 0 Å². The van der Waals surface area contributed by atoms with Crippen LogP contribution in [0, 0.1) is 0 Å². The third-order valence-electron chi connectivity index (χ3n) is 6.57. The van der Waals surface area contributed by atoms with E-state index in [-0.39, 0.29) is 18.0 Å². The Hall–Kier alpha value is -1.95. The number of halogens is 5. The van der Waals surface area contributed by atoms with Crippen molar-refractivity contribution in [3.05, 3.63) is 23.4 Å². The fourth-order valence-corrected chi connectivity index (χ4v) is 4.76. The summed E-state index contributed by atoms with van der Waals surface area (Å²) < 4.78 is 89.0. The minimum absolute atomic E-state index is 0.142. The number of hydrogen-bond donors (Lipinski definition) is 0. The topological polar surface area (TPSA) is 60.9 Å². The van der Waals surface area contributed by atoms with Gasteiger partial charge in [0.25, 0.3) is 5.92 Å². The van der Waals surface area contributed by atoms with Crippen molar-refractivity contribution in [2.24, 2.45) is 0 Å². The Labute approximate surface area is 210 Å². The molecular weight excluding hydrogens is 503 g/mol. The second-order valence-corrected chi connectivity index (χ2v) is 16.4. The predicted octanol–water partition coefficient (Wildman–Crippen LogP) is 7.08. The van der Waals surface area contributed by atoms with Gasteiger partial charge < -0.3 is 18.8 Å². The monoisotopic (exact) mass is 540 g/mol. The van der Waals surface area contributed by atoms with Gasteiger partial charge in [-0.1, -0.05) is 20.8 Å². The Morgan fingerprint density at radius 1 is 1.17 bits per heavy atom. The number of rotatable bonds is 5. The summed E-state index contributed by atoms with van der Waals surface area (Å²) >= 11 is 0. The highest BCUT2D eigenvalue weighted by atomic mass is 28.4. The van der Waals surface area contributed by atoms with Crippen LogP contribution < -0.4 is 4.74 Å². The minimum atomic E-state index is -4.85. The molecule has 36 heavy (non-hydrogen) atoms. The van der Waals surface area contributed by atoms with E-state index in [0.717, 1.165) is 24.3 Å². The van der Waals surface area contributed by atoms with E-state index in [1.807, 2.05) is 0 Å². The maximum atomic E-state index is 15.0. The lowest BCUT2D eigenvalue weighted by molar-refractivity contribution is -0.202. The molecule has 2 unspecified atom stereocenters. The third kappa shape index (κ3) is 7.08. The van der Waals surface area contributed by atoms with E-state index in [1.54, 1.807) is 54.6 Å². The number of hydrogen-bond acceptors (Lipinski definition) is 5. The summed E-state index contributed by atoms with van der Waals surface area (Å²) in [6, 6.07) is 1.02. The van der Waals surface area contributed by atoms with Crippen LogP contribution in [0.15, 0.2) is 12.3 Å². The molecule has 0 spiro atoms. The van der Waals surface area contributed by atoms with Crippen LogP contribution >= 0.6 is 0 Å². The van der Waals surface area contributed by atoms with Gasteiger partial charge in [0.1, 0.15) is 5.60 Å². The number of likely N-dealkylation sites (tertiary alicyclic amines) is 1. The number of pyridine rings is 1. The number of methoxy groups -OCH3 is 1. The maximum Gasteiger partial charge on any atom is 0.417 e. The van der Waals surface area contributed by atoms with Crippen LogP contribution in [0.2, 0.25) is 18.1 Å². The standard InChI is InChI=1S/C24H37F5N2O4Si/c1-21(2,3)34-20(32)31-11-10-23(25,26)17(14-31)15-12-16(19(33-7)30-13-15)18(24(27,28)29)35-36(8,9)22(4,5)6/h12-13,17-18H,10-11,14H2,1-9H3. The molecular formula is C24H37F5N2O4Si. The molecule has 1 amide bonds. The SMILES string of the molecule is COc1ncc(C2CN(C(=O)OC(C)(C)C)CCC2(F)F)cc1C(O[Si](C)(C)C(C)(C)C)C(F)(F)F. The van der Waals surface area contributed by atoms with Gasteiger partial charge in [-0.15, -0.1) is 0 Å². The first-order valence-corrected chi connectivity index (χ1v) is 14.6. The largest absolute Gasteiger partial charge is 0.481 e. The number of carbonyl (C=O) groups is 1. The molecule has 1 aliphatic heterocycles. The van der Waals surface area contributed by atoms with Crippen molar-refractivity contribution in [1.82, 2.24) is 9.88 Å². The zero-order valence-electron chi connectivity index (χ0n) is 22.3. The fraction of sp³-hybridized carbons (Fsp3) is 0.750. The first-order chi connectivity index (χ1) is 16.1. The molecule has 12 heteroatoms. The Bertz CT molecular complexity index is 942. The molecule has 1 saturated heterocycles. The lowest BCUT2D eigenvalue weighted by Crippen LogP contribution is -2.49. The Morgan fingerprint density at radius 2 is 1.75 bits per heavy atom. The molecule has 1 aromatic heterocycles. The highest BCUT2D eigenvalue weighted by Gasteiger charge is 2.51. The summed E-state index contributed by atoms with van der Waals surface area (Å²) in [7, 11) is -1.79. The average Bonchev–Trinajstić information content (AvgIpc) is 2.68. The lowest BCUT2D eigenvalue weighted by Gasteiger charge is -2.40. The predicted molar refractivity (Wildman–Crippen MR) is 128 cm³/mol. The lowest BCUT2D eigenvalue weighted by atomic mass is 9.87. The molecule has 0 saturated carbocycles. The van der Waals surface area contributed by atoms with E-state index in [4.69, 9.17) is 13.9 Å². The zero-order chi connectivity index (χ0) is 27.9. The van der Waals surface area contributed by atoms with Gasteiger partial charge in [0.2, 0.25) is 5.88 Å². The quantitative estimate of drug-likeness (QED) is 0.295. The summed E-state index contributed by atoms with van der Waals surface area (Å²) in [4.78, 5) is 17.6. The number of alkyl halides is 5. The molecule has 0 bridgehead atoms. The molecule has 1 aliphatic rings. The molecule has 1 fully saturated rings. The van der Waals surface area contributed by atoms with Crippen LogP contribution in [0.3, 0.4) is 0 Å². The van der Waals surface area contributed by atoms with Crippen LogP contribution in [-0.4, -0.2) is 62.2 Å². The number of nitrogens with zero attached hydrogens (tertiary/aromatic N) is 2. The van der Waals surface area contributed by atoms with Crippen molar-refractivity contribution in [1.29, 1.82) is 0 Å². The average molecular weight is 541 g/mol. The van der Waals surface area contributed by atoms with Gasteiger partial charge in [0.15, 0.2) is 14.4 Å². The summed E-state index contributed by atoms with van der Waals surface area (Å²) in [6.45, 7) is 13.0. The van der Waals surface area contributed by atoms with Crippen LogP contribution in [0.4, 0.5) is 26.7 Å². The second kappa shape index (κ2) is 10.1. The van der Waals surface area contributed by atoms with Crippen molar-refractivity contribution >= 4 is 14.4 Å². The maximum absolute atomic E-state index is 15.0. The molecule has 2 atom stereocenters. The number of ether oxygens (including phenoxy) is 2. The summed E-state index contributed by atoms with van der Waals surface area (Å²) in [5, 5.41) is -0.543. The van der Waals surface area contributed by atoms with Gasteiger partial charge in [-0.05, 0) is 50.5 Å². The zero-order valence-corrected chi connectivity index (χ0v) is 23.3. The second-order valence-electron chi connectivity index (χ2n) is 11.7. The van der Waals surface area contributed by atoms with E-state index >= 15 is 8.78 Å². The Balaban J connectivity index is 2.54. The van der Waals surface area contributed by atoms with Gasteiger partial charge in [0.05, 0.1) is 18.6 Å². The smallest absolute Gasteiger partial charge is 0.417 e. The summed E-state index contributed by atoms with van der Waals surface area (Å²) in [6.07, 6.45) is -7.62. The van der Waals surface area contributed by atoms with Crippen molar-refractivity contribution < 1.29 is 40.6 Å². The molecule has 2 rings (SSSR count).